The minimum atomic E-state index is -0.167. The minimum Gasteiger partial charge on any atom is -0.493 e. The monoisotopic (exact) mass is 358 g/mol. The second-order valence-corrected chi connectivity index (χ2v) is 5.23. The molecule has 6 heteroatoms. The predicted molar refractivity (Wildman–Crippen MR) is 99.0 cm³/mol. The maximum absolute atomic E-state index is 12.4. The van der Waals surface area contributed by atoms with Gasteiger partial charge in [-0.05, 0) is 42.0 Å². The summed E-state index contributed by atoms with van der Waals surface area (Å²) in [4.78, 5) is 12.4. The van der Waals surface area contributed by atoms with Gasteiger partial charge >= 0.3 is 0 Å². The summed E-state index contributed by atoms with van der Waals surface area (Å²) in [6, 6.07) is 8.54. The molecule has 0 aliphatic carbocycles. The van der Waals surface area contributed by atoms with Gasteiger partial charge in [-0.15, -0.1) is 0 Å². The van der Waals surface area contributed by atoms with Crippen LogP contribution in [0, 0.1) is 0 Å². The van der Waals surface area contributed by atoms with Crippen molar-refractivity contribution in [2.24, 2.45) is 0 Å². The van der Waals surface area contributed by atoms with E-state index in [2.05, 4.69) is 0 Å². The molecule has 0 saturated heterocycles. The molecular weight excluding hydrogens is 336 g/mol. The van der Waals surface area contributed by atoms with E-state index in [0.29, 0.717) is 34.3 Å². The molecule has 0 aliphatic heterocycles. The molecule has 0 bridgehead atoms. The van der Waals surface area contributed by atoms with Gasteiger partial charge in [-0.25, -0.2) is 0 Å². The Hall–Kier alpha value is -3.15. The highest BCUT2D eigenvalue weighted by atomic mass is 16.5. The molecule has 0 heterocycles. The Bertz CT molecular complexity index is 785. The van der Waals surface area contributed by atoms with Crippen LogP contribution in [-0.4, -0.2) is 41.3 Å². The van der Waals surface area contributed by atoms with Crippen LogP contribution in [0.2, 0.25) is 0 Å². The summed E-state index contributed by atoms with van der Waals surface area (Å²) in [5.41, 5.74) is 1.24. The molecule has 0 spiro atoms. The van der Waals surface area contributed by atoms with Crippen LogP contribution in [0.25, 0.3) is 6.08 Å². The molecule has 0 saturated carbocycles. The van der Waals surface area contributed by atoms with Gasteiger partial charge < -0.3 is 23.7 Å². The van der Waals surface area contributed by atoms with E-state index < -0.39 is 0 Å². The van der Waals surface area contributed by atoms with Gasteiger partial charge in [0.2, 0.25) is 5.75 Å². The van der Waals surface area contributed by atoms with Crippen molar-refractivity contribution in [1.82, 2.24) is 0 Å². The first kappa shape index (κ1) is 19.2. The topological polar surface area (TPSA) is 63.2 Å². The average molecular weight is 358 g/mol. The van der Waals surface area contributed by atoms with Gasteiger partial charge in [-0.3, -0.25) is 4.79 Å². The van der Waals surface area contributed by atoms with Gasteiger partial charge in [0, 0.05) is 5.56 Å². The molecular formula is C20H22O6. The lowest BCUT2D eigenvalue weighted by Gasteiger charge is -2.12. The van der Waals surface area contributed by atoms with Gasteiger partial charge in [0.25, 0.3) is 0 Å². The molecule has 0 aromatic heterocycles. The van der Waals surface area contributed by atoms with Crippen LogP contribution < -0.4 is 23.7 Å². The molecule has 0 radical (unpaired) electrons. The molecule has 26 heavy (non-hydrogen) atoms. The smallest absolute Gasteiger partial charge is 0.203 e. The van der Waals surface area contributed by atoms with Crippen LogP contribution in [0.15, 0.2) is 36.4 Å². The lowest BCUT2D eigenvalue weighted by Crippen LogP contribution is -1.98. The van der Waals surface area contributed by atoms with Gasteiger partial charge in [0.1, 0.15) is 0 Å². The van der Waals surface area contributed by atoms with Gasteiger partial charge in [0.05, 0.1) is 35.5 Å². The summed E-state index contributed by atoms with van der Waals surface area (Å²) in [5.74, 6) is 2.44. The van der Waals surface area contributed by atoms with E-state index in [0.717, 1.165) is 5.56 Å². The molecule has 0 aliphatic rings. The van der Waals surface area contributed by atoms with Crippen LogP contribution in [0.5, 0.6) is 28.7 Å². The Morgan fingerprint density at radius 3 is 1.81 bits per heavy atom. The van der Waals surface area contributed by atoms with Gasteiger partial charge in [-0.1, -0.05) is 6.08 Å². The van der Waals surface area contributed by atoms with E-state index in [1.54, 1.807) is 57.7 Å². The zero-order valence-corrected chi connectivity index (χ0v) is 15.5. The summed E-state index contributed by atoms with van der Waals surface area (Å²) in [5, 5.41) is 0. The largest absolute Gasteiger partial charge is 0.493 e. The summed E-state index contributed by atoms with van der Waals surface area (Å²) in [6.07, 6.45) is 3.16. The standard InChI is InChI=1S/C20H22O6/c1-22-16-9-7-14(12-17(16)23-2)15(21)8-6-13-10-18(24-3)20(26-5)19(11-13)25-4/h6-12H,1-5H3. The van der Waals surface area contributed by atoms with Crippen LogP contribution >= 0.6 is 0 Å². The SMILES string of the molecule is COc1ccc(C(=O)C=Cc2cc(OC)c(OC)c(OC)c2)cc1OC. The minimum absolute atomic E-state index is 0.167. The highest BCUT2D eigenvalue weighted by molar-refractivity contribution is 6.07. The van der Waals surface area contributed by atoms with E-state index in [1.165, 1.54) is 20.3 Å². The maximum atomic E-state index is 12.4. The molecule has 0 atom stereocenters. The van der Waals surface area contributed by atoms with E-state index in [4.69, 9.17) is 23.7 Å². The maximum Gasteiger partial charge on any atom is 0.203 e. The van der Waals surface area contributed by atoms with E-state index >= 15 is 0 Å². The van der Waals surface area contributed by atoms with Crippen LogP contribution in [-0.2, 0) is 0 Å². The lowest BCUT2D eigenvalue weighted by atomic mass is 10.1. The zero-order valence-electron chi connectivity index (χ0n) is 15.5. The van der Waals surface area contributed by atoms with Crippen LogP contribution in [0.3, 0.4) is 0 Å². The number of hydrogen-bond donors (Lipinski definition) is 0. The normalized spacial score (nSPS) is 10.5. The molecule has 6 nitrogen and oxygen atoms in total. The molecule has 2 rings (SSSR count). The molecule has 2 aromatic rings. The first-order valence-electron chi connectivity index (χ1n) is 7.82. The second kappa shape index (κ2) is 8.80. The van der Waals surface area contributed by atoms with Gasteiger partial charge in [-0.2, -0.15) is 0 Å². The van der Waals surface area contributed by atoms with Crippen molar-refractivity contribution in [2.75, 3.05) is 35.5 Å². The summed E-state index contributed by atoms with van der Waals surface area (Å²) in [7, 11) is 7.69. The number of ether oxygens (including phenoxy) is 5. The highest BCUT2D eigenvalue weighted by Gasteiger charge is 2.13. The third-order valence-corrected chi connectivity index (χ3v) is 3.78. The van der Waals surface area contributed by atoms with Crippen molar-refractivity contribution in [3.63, 3.8) is 0 Å². The average Bonchev–Trinajstić information content (AvgIpc) is 2.70. The highest BCUT2D eigenvalue weighted by Crippen LogP contribution is 2.38. The number of hydrogen-bond acceptors (Lipinski definition) is 6. The zero-order chi connectivity index (χ0) is 19.1. The molecule has 2 aromatic carbocycles. The fraction of sp³-hybridized carbons (Fsp3) is 0.250. The molecule has 138 valence electrons. The number of carbonyl (C=O) groups is 1. The Morgan fingerprint density at radius 2 is 1.31 bits per heavy atom. The number of carbonyl (C=O) groups excluding carboxylic acids is 1. The summed E-state index contributed by atoms with van der Waals surface area (Å²) < 4.78 is 26.3. The summed E-state index contributed by atoms with van der Waals surface area (Å²) in [6.45, 7) is 0. The predicted octanol–water partition coefficient (Wildman–Crippen LogP) is 3.63. The van der Waals surface area contributed by atoms with Crippen molar-refractivity contribution < 1.29 is 28.5 Å². The van der Waals surface area contributed by atoms with Crippen molar-refractivity contribution in [2.45, 2.75) is 0 Å². The fourth-order valence-electron chi connectivity index (χ4n) is 2.46. The Kier molecular flexibility index (Phi) is 6.49. The first-order valence-corrected chi connectivity index (χ1v) is 7.82. The Morgan fingerprint density at radius 1 is 0.731 bits per heavy atom. The molecule has 0 fully saturated rings. The number of ketones is 1. The lowest BCUT2D eigenvalue weighted by molar-refractivity contribution is 0.104. The summed E-state index contributed by atoms with van der Waals surface area (Å²) >= 11 is 0. The molecule has 0 N–H and O–H groups in total. The number of allylic oxidation sites excluding steroid dienone is 1. The Labute approximate surface area is 152 Å². The van der Waals surface area contributed by atoms with Crippen molar-refractivity contribution in [3.8, 4) is 28.7 Å². The second-order valence-electron chi connectivity index (χ2n) is 5.23. The Balaban J connectivity index is 2.30. The quantitative estimate of drug-likeness (QED) is 0.530. The molecule has 0 unspecified atom stereocenters. The third kappa shape index (κ3) is 4.08. The molecule has 0 amide bonds. The van der Waals surface area contributed by atoms with Crippen molar-refractivity contribution in [3.05, 3.63) is 47.5 Å². The van der Waals surface area contributed by atoms with Crippen molar-refractivity contribution in [1.29, 1.82) is 0 Å². The number of methoxy groups -OCH3 is 5. The van der Waals surface area contributed by atoms with E-state index in [1.807, 2.05) is 0 Å². The third-order valence-electron chi connectivity index (χ3n) is 3.78. The number of rotatable bonds is 8. The van der Waals surface area contributed by atoms with Crippen LogP contribution in [0.1, 0.15) is 15.9 Å². The first-order chi connectivity index (χ1) is 12.6. The van der Waals surface area contributed by atoms with Crippen molar-refractivity contribution >= 4 is 11.9 Å². The van der Waals surface area contributed by atoms with E-state index in [-0.39, 0.29) is 5.78 Å². The van der Waals surface area contributed by atoms with E-state index in [9.17, 15) is 4.79 Å². The van der Waals surface area contributed by atoms with Gasteiger partial charge in [0.15, 0.2) is 28.8 Å². The van der Waals surface area contributed by atoms with Crippen LogP contribution in [0.4, 0.5) is 0 Å². The fourth-order valence-corrected chi connectivity index (χ4v) is 2.46. The number of benzene rings is 2.